The van der Waals surface area contributed by atoms with Crippen LogP contribution in [0.3, 0.4) is 0 Å². The van der Waals surface area contributed by atoms with Crippen LogP contribution in [0.15, 0.2) is 0 Å². The van der Waals surface area contributed by atoms with Crippen molar-refractivity contribution in [3.63, 3.8) is 0 Å². The van der Waals surface area contributed by atoms with Gasteiger partial charge in [-0.1, -0.05) is 0 Å². The van der Waals surface area contributed by atoms with Crippen molar-refractivity contribution in [2.45, 2.75) is 18.1 Å². The van der Waals surface area contributed by atoms with Crippen LogP contribution >= 0.6 is 0 Å². The number of sulfone groups is 1. The van der Waals surface area contributed by atoms with E-state index in [9.17, 15) is 16.8 Å². The minimum absolute atomic E-state index is 0.0492. The Balaban J connectivity index is 2.11. The van der Waals surface area contributed by atoms with E-state index in [0.717, 1.165) is 6.54 Å². The smallest absolute Gasteiger partial charge is 0.218 e. The molecule has 1 N–H and O–H groups in total. The molecule has 0 aromatic carbocycles. The Hall–Kier alpha value is -0.180. The third-order valence-corrected chi connectivity index (χ3v) is 7.36. The number of nitrogens with zero attached hydrogens (tertiary/aromatic N) is 1. The Morgan fingerprint density at radius 1 is 1.18 bits per heavy atom. The third kappa shape index (κ3) is 2.98. The molecular weight excluding hydrogens is 264 g/mol. The molecule has 1 atom stereocenters. The van der Waals surface area contributed by atoms with Crippen LogP contribution in [0.25, 0.3) is 0 Å². The van der Waals surface area contributed by atoms with Crippen LogP contribution in [0.1, 0.15) is 12.8 Å². The molecule has 8 heteroatoms. The molecule has 0 aliphatic carbocycles. The fraction of sp³-hybridized carbons (Fsp3) is 1.00. The Morgan fingerprint density at radius 3 is 2.59 bits per heavy atom. The molecule has 2 saturated heterocycles. The van der Waals surface area contributed by atoms with Crippen molar-refractivity contribution in [1.29, 1.82) is 0 Å². The molecule has 0 bridgehead atoms. The molecule has 2 rings (SSSR count). The van der Waals surface area contributed by atoms with Crippen molar-refractivity contribution in [3.8, 4) is 0 Å². The quantitative estimate of drug-likeness (QED) is 0.688. The number of hydrogen-bond donors (Lipinski definition) is 1. The normalized spacial score (nSPS) is 31.2. The van der Waals surface area contributed by atoms with Gasteiger partial charge in [0.1, 0.15) is 0 Å². The van der Waals surface area contributed by atoms with Gasteiger partial charge in [0, 0.05) is 19.6 Å². The maximum atomic E-state index is 12.2. The summed E-state index contributed by atoms with van der Waals surface area (Å²) in [6.07, 6.45) is 1.02. The van der Waals surface area contributed by atoms with Gasteiger partial charge < -0.3 is 5.32 Å². The fourth-order valence-electron chi connectivity index (χ4n) is 2.26. The largest absolute Gasteiger partial charge is 0.315 e. The molecule has 2 fully saturated rings. The molecule has 100 valence electrons. The first-order valence-electron chi connectivity index (χ1n) is 5.82. The van der Waals surface area contributed by atoms with E-state index in [4.69, 9.17) is 0 Å². The van der Waals surface area contributed by atoms with E-state index in [1.807, 2.05) is 0 Å². The van der Waals surface area contributed by atoms with Gasteiger partial charge in [0.15, 0.2) is 9.84 Å². The Kier molecular flexibility index (Phi) is 3.77. The molecule has 0 amide bonds. The maximum Gasteiger partial charge on any atom is 0.218 e. The molecule has 6 nitrogen and oxygen atoms in total. The van der Waals surface area contributed by atoms with E-state index < -0.39 is 19.9 Å². The van der Waals surface area contributed by atoms with E-state index in [1.165, 1.54) is 4.31 Å². The Bertz CT molecular complexity index is 465. The summed E-state index contributed by atoms with van der Waals surface area (Å²) in [4.78, 5) is 0. The molecule has 0 saturated carbocycles. The lowest BCUT2D eigenvalue weighted by molar-refractivity contribution is 0.427. The highest BCUT2D eigenvalue weighted by molar-refractivity contribution is 7.91. The maximum absolute atomic E-state index is 12.2. The lowest BCUT2D eigenvalue weighted by atomic mass is 10.4. The second-order valence-corrected chi connectivity index (χ2v) is 9.08. The predicted molar refractivity (Wildman–Crippen MR) is 65.0 cm³/mol. The van der Waals surface area contributed by atoms with E-state index in [-0.39, 0.29) is 23.3 Å². The van der Waals surface area contributed by atoms with Crippen LogP contribution in [0.2, 0.25) is 0 Å². The SMILES string of the molecule is O=S1(=O)CCCN(S(=O)(=O)C2CCNC2)CC1. The second-order valence-electron chi connectivity index (χ2n) is 4.56. The summed E-state index contributed by atoms with van der Waals surface area (Å²) < 4.78 is 48.7. The van der Waals surface area contributed by atoms with Crippen LogP contribution < -0.4 is 5.32 Å². The summed E-state index contributed by atoms with van der Waals surface area (Å²) in [7, 11) is -6.39. The minimum atomic E-state index is -3.33. The number of nitrogens with one attached hydrogen (secondary N) is 1. The zero-order valence-corrected chi connectivity index (χ0v) is 11.3. The second kappa shape index (κ2) is 4.83. The highest BCUT2D eigenvalue weighted by Crippen LogP contribution is 2.17. The molecule has 2 heterocycles. The van der Waals surface area contributed by atoms with Crippen molar-refractivity contribution >= 4 is 19.9 Å². The van der Waals surface area contributed by atoms with Gasteiger partial charge in [-0.15, -0.1) is 0 Å². The van der Waals surface area contributed by atoms with Gasteiger partial charge in [0.2, 0.25) is 10.0 Å². The summed E-state index contributed by atoms with van der Waals surface area (Å²) in [5.41, 5.74) is 0. The molecular formula is C9H18N2O4S2. The van der Waals surface area contributed by atoms with Crippen molar-refractivity contribution in [2.24, 2.45) is 0 Å². The first-order chi connectivity index (χ1) is 7.92. The summed E-state index contributed by atoms with van der Waals surface area (Å²) in [6, 6.07) is 0. The van der Waals surface area contributed by atoms with Crippen molar-refractivity contribution in [3.05, 3.63) is 0 Å². The topological polar surface area (TPSA) is 83.6 Å². The van der Waals surface area contributed by atoms with Gasteiger partial charge in [-0.3, -0.25) is 0 Å². The van der Waals surface area contributed by atoms with Gasteiger partial charge >= 0.3 is 0 Å². The molecule has 1 unspecified atom stereocenters. The monoisotopic (exact) mass is 282 g/mol. The molecule has 0 radical (unpaired) electrons. The van der Waals surface area contributed by atoms with E-state index in [2.05, 4.69) is 5.32 Å². The highest BCUT2D eigenvalue weighted by Gasteiger charge is 2.35. The first-order valence-corrected chi connectivity index (χ1v) is 9.14. The first kappa shape index (κ1) is 13.3. The van der Waals surface area contributed by atoms with Crippen molar-refractivity contribution < 1.29 is 16.8 Å². The Morgan fingerprint density at radius 2 is 1.94 bits per heavy atom. The Labute approximate surface area is 102 Å². The van der Waals surface area contributed by atoms with E-state index in [0.29, 0.717) is 25.9 Å². The summed E-state index contributed by atoms with van der Waals surface area (Å²) in [6.45, 7) is 1.64. The number of hydrogen-bond acceptors (Lipinski definition) is 5. The van der Waals surface area contributed by atoms with Crippen LogP contribution in [0, 0.1) is 0 Å². The van der Waals surface area contributed by atoms with Crippen molar-refractivity contribution in [1.82, 2.24) is 9.62 Å². The van der Waals surface area contributed by atoms with Gasteiger partial charge in [0.05, 0.1) is 16.8 Å². The van der Waals surface area contributed by atoms with Gasteiger partial charge in [-0.2, -0.15) is 0 Å². The average Bonchev–Trinajstić information content (AvgIpc) is 2.70. The van der Waals surface area contributed by atoms with E-state index >= 15 is 0 Å². The fourth-order valence-corrected chi connectivity index (χ4v) is 5.55. The average molecular weight is 282 g/mol. The zero-order valence-electron chi connectivity index (χ0n) is 9.63. The zero-order chi connectivity index (χ0) is 12.5. The van der Waals surface area contributed by atoms with Crippen molar-refractivity contribution in [2.75, 3.05) is 37.7 Å². The van der Waals surface area contributed by atoms with Crippen LogP contribution in [0.5, 0.6) is 0 Å². The number of sulfonamides is 1. The number of rotatable bonds is 2. The molecule has 2 aliphatic rings. The molecule has 2 aliphatic heterocycles. The molecule has 17 heavy (non-hydrogen) atoms. The van der Waals surface area contributed by atoms with Crippen LogP contribution in [-0.4, -0.2) is 64.1 Å². The van der Waals surface area contributed by atoms with Crippen LogP contribution in [0.4, 0.5) is 0 Å². The van der Waals surface area contributed by atoms with E-state index in [1.54, 1.807) is 0 Å². The van der Waals surface area contributed by atoms with Gasteiger partial charge in [-0.05, 0) is 19.4 Å². The van der Waals surface area contributed by atoms with Crippen LogP contribution in [-0.2, 0) is 19.9 Å². The lowest BCUT2D eigenvalue weighted by Crippen LogP contribution is -2.41. The minimum Gasteiger partial charge on any atom is -0.315 e. The molecule has 0 aromatic rings. The standard InChI is InChI=1S/C9H18N2O4S2/c12-16(13)6-1-4-11(5-7-16)17(14,15)9-2-3-10-8-9/h9-10H,1-8H2. The molecule has 0 spiro atoms. The summed E-state index contributed by atoms with van der Waals surface area (Å²) in [5, 5.41) is 2.64. The van der Waals surface area contributed by atoms with Gasteiger partial charge in [-0.25, -0.2) is 21.1 Å². The van der Waals surface area contributed by atoms with Gasteiger partial charge in [0.25, 0.3) is 0 Å². The third-order valence-electron chi connectivity index (χ3n) is 3.31. The summed E-state index contributed by atoms with van der Waals surface area (Å²) in [5.74, 6) is 0.0499. The lowest BCUT2D eigenvalue weighted by Gasteiger charge is -2.23. The summed E-state index contributed by atoms with van der Waals surface area (Å²) >= 11 is 0. The highest BCUT2D eigenvalue weighted by atomic mass is 32.2. The molecule has 0 aromatic heterocycles. The predicted octanol–water partition coefficient (Wildman–Crippen LogP) is -1.20.